The quantitative estimate of drug-likeness (QED) is 0.563. The molecule has 3 aromatic rings. The summed E-state index contributed by atoms with van der Waals surface area (Å²) in [4.78, 5) is 31.5. The minimum absolute atomic E-state index is 0.0277. The lowest BCUT2D eigenvalue weighted by atomic mass is 10.1. The Bertz CT molecular complexity index is 1120. The van der Waals surface area contributed by atoms with Gasteiger partial charge < -0.3 is 14.4 Å². The van der Waals surface area contributed by atoms with Gasteiger partial charge in [-0.25, -0.2) is 4.98 Å². The van der Waals surface area contributed by atoms with E-state index < -0.39 is 0 Å². The van der Waals surface area contributed by atoms with Crippen molar-refractivity contribution in [2.24, 2.45) is 0 Å². The number of carbonyl (C=O) groups is 2. The van der Waals surface area contributed by atoms with Gasteiger partial charge in [0.15, 0.2) is 23.2 Å². The van der Waals surface area contributed by atoms with Crippen LogP contribution in [-0.4, -0.2) is 48.0 Å². The van der Waals surface area contributed by atoms with Crippen LogP contribution in [0, 0.1) is 6.92 Å². The maximum absolute atomic E-state index is 12.8. The highest BCUT2D eigenvalue weighted by Gasteiger charge is 2.19. The van der Waals surface area contributed by atoms with Gasteiger partial charge in [0.05, 0.1) is 16.8 Å². The number of benzene rings is 2. The van der Waals surface area contributed by atoms with Gasteiger partial charge in [0, 0.05) is 18.7 Å². The van der Waals surface area contributed by atoms with Crippen LogP contribution in [0.15, 0.2) is 36.4 Å². The Hall–Kier alpha value is -3.13. The fourth-order valence-corrected chi connectivity index (χ4v) is 4.62. The molecule has 168 valence electrons. The summed E-state index contributed by atoms with van der Waals surface area (Å²) >= 11 is 1.44. The van der Waals surface area contributed by atoms with Crippen LogP contribution >= 0.6 is 11.3 Å². The Morgan fingerprint density at radius 3 is 2.66 bits per heavy atom. The molecule has 2 aromatic carbocycles. The second-order valence-corrected chi connectivity index (χ2v) is 8.80. The number of amides is 2. The fourth-order valence-electron chi connectivity index (χ4n) is 3.67. The molecule has 0 aliphatic carbocycles. The molecule has 2 amide bonds. The molecule has 8 heteroatoms. The van der Waals surface area contributed by atoms with Gasteiger partial charge in [-0.2, -0.15) is 0 Å². The summed E-state index contributed by atoms with van der Waals surface area (Å²) in [7, 11) is 0. The number of likely N-dealkylation sites (tertiary alicyclic amines) is 1. The molecule has 0 saturated carbocycles. The predicted octanol–water partition coefficient (Wildman–Crippen LogP) is 4.65. The van der Waals surface area contributed by atoms with E-state index in [1.807, 2.05) is 36.9 Å². The molecule has 0 atom stereocenters. The highest BCUT2D eigenvalue weighted by Crippen LogP contribution is 2.30. The highest BCUT2D eigenvalue weighted by molar-refractivity contribution is 7.22. The van der Waals surface area contributed by atoms with Crippen molar-refractivity contribution >= 4 is 38.5 Å². The summed E-state index contributed by atoms with van der Waals surface area (Å²) in [5, 5.41) is 3.40. The zero-order valence-electron chi connectivity index (χ0n) is 18.3. The average molecular weight is 454 g/mol. The molecule has 1 fully saturated rings. The molecule has 1 N–H and O–H groups in total. The Kier molecular flexibility index (Phi) is 6.90. The van der Waals surface area contributed by atoms with Crippen molar-refractivity contribution in [3.63, 3.8) is 0 Å². The van der Waals surface area contributed by atoms with Crippen molar-refractivity contribution in [3.05, 3.63) is 47.5 Å². The van der Waals surface area contributed by atoms with Crippen molar-refractivity contribution in [2.75, 3.05) is 31.6 Å². The second-order valence-electron chi connectivity index (χ2n) is 7.77. The molecule has 0 spiro atoms. The van der Waals surface area contributed by atoms with Gasteiger partial charge in [-0.05, 0) is 69.0 Å². The monoisotopic (exact) mass is 453 g/mol. The van der Waals surface area contributed by atoms with E-state index in [2.05, 4.69) is 10.3 Å². The van der Waals surface area contributed by atoms with Gasteiger partial charge in [-0.3, -0.25) is 14.9 Å². The Balaban J connectivity index is 1.44. The van der Waals surface area contributed by atoms with Crippen molar-refractivity contribution < 1.29 is 19.1 Å². The van der Waals surface area contributed by atoms with Crippen LogP contribution in [0.3, 0.4) is 0 Å². The van der Waals surface area contributed by atoms with E-state index >= 15 is 0 Å². The smallest absolute Gasteiger partial charge is 0.260 e. The number of anilines is 1. The first kappa shape index (κ1) is 22.1. The molecule has 0 unspecified atom stereocenters. The molecule has 0 radical (unpaired) electrons. The fraction of sp³-hybridized carbons (Fsp3) is 0.375. The lowest BCUT2D eigenvalue weighted by molar-refractivity contribution is -0.134. The molecule has 7 nitrogen and oxygen atoms in total. The van der Waals surface area contributed by atoms with Crippen molar-refractivity contribution in [2.45, 2.75) is 33.1 Å². The SMILES string of the molecule is CCOc1cc(C(=O)Nc2nc3ccc(C)cc3s2)ccc1OCC(=O)N1CCCCC1. The van der Waals surface area contributed by atoms with E-state index in [1.165, 1.54) is 17.8 Å². The first-order valence-electron chi connectivity index (χ1n) is 10.9. The molecule has 0 bridgehead atoms. The number of nitrogens with one attached hydrogen (secondary N) is 1. The number of aryl methyl sites for hydroxylation is 1. The number of rotatable bonds is 7. The maximum atomic E-state index is 12.8. The third-order valence-electron chi connectivity index (χ3n) is 5.33. The summed E-state index contributed by atoms with van der Waals surface area (Å²) in [6.45, 7) is 5.82. The van der Waals surface area contributed by atoms with Crippen LogP contribution in [0.4, 0.5) is 5.13 Å². The minimum Gasteiger partial charge on any atom is -0.490 e. The molecule has 1 aliphatic heterocycles. The van der Waals surface area contributed by atoms with E-state index in [-0.39, 0.29) is 18.4 Å². The second kappa shape index (κ2) is 9.99. The lowest BCUT2D eigenvalue weighted by Crippen LogP contribution is -2.38. The molecule has 4 rings (SSSR count). The van der Waals surface area contributed by atoms with Gasteiger partial charge in [-0.1, -0.05) is 17.4 Å². The van der Waals surface area contributed by atoms with Crippen molar-refractivity contribution in [3.8, 4) is 11.5 Å². The average Bonchev–Trinajstić information content (AvgIpc) is 3.20. The topological polar surface area (TPSA) is 80.8 Å². The van der Waals surface area contributed by atoms with Gasteiger partial charge >= 0.3 is 0 Å². The van der Waals surface area contributed by atoms with E-state index in [0.717, 1.165) is 41.7 Å². The van der Waals surface area contributed by atoms with E-state index in [1.54, 1.807) is 18.2 Å². The first-order chi connectivity index (χ1) is 15.5. The summed E-state index contributed by atoms with van der Waals surface area (Å²) < 4.78 is 12.5. The third kappa shape index (κ3) is 5.19. The molecular formula is C24H27N3O4S. The summed E-state index contributed by atoms with van der Waals surface area (Å²) in [5.74, 6) is 0.577. The number of fused-ring (bicyclic) bond motifs is 1. The number of hydrogen-bond acceptors (Lipinski definition) is 6. The van der Waals surface area contributed by atoms with Crippen LogP contribution < -0.4 is 14.8 Å². The first-order valence-corrected chi connectivity index (χ1v) is 11.7. The van der Waals surface area contributed by atoms with Crippen LogP contribution in [0.25, 0.3) is 10.2 Å². The number of aromatic nitrogens is 1. The number of carbonyl (C=O) groups excluding carboxylic acids is 2. The number of ether oxygens (including phenoxy) is 2. The molecule has 32 heavy (non-hydrogen) atoms. The zero-order chi connectivity index (χ0) is 22.5. The zero-order valence-corrected chi connectivity index (χ0v) is 19.2. The summed E-state index contributed by atoms with van der Waals surface area (Å²) in [6, 6.07) is 11.0. The number of thiazole rings is 1. The van der Waals surface area contributed by atoms with E-state index in [4.69, 9.17) is 9.47 Å². The van der Waals surface area contributed by atoms with Gasteiger partial charge in [0.2, 0.25) is 0 Å². The summed E-state index contributed by atoms with van der Waals surface area (Å²) in [5.41, 5.74) is 2.43. The maximum Gasteiger partial charge on any atom is 0.260 e. The molecule has 2 heterocycles. The van der Waals surface area contributed by atoms with Gasteiger partial charge in [-0.15, -0.1) is 0 Å². The van der Waals surface area contributed by atoms with E-state index in [9.17, 15) is 9.59 Å². The number of piperidine rings is 1. The molecule has 1 aliphatic rings. The number of nitrogens with zero attached hydrogens (tertiary/aromatic N) is 2. The van der Waals surface area contributed by atoms with Gasteiger partial charge in [0.25, 0.3) is 11.8 Å². The Morgan fingerprint density at radius 1 is 1.06 bits per heavy atom. The minimum atomic E-state index is -0.280. The van der Waals surface area contributed by atoms with Gasteiger partial charge in [0.1, 0.15) is 0 Å². The summed E-state index contributed by atoms with van der Waals surface area (Å²) in [6.07, 6.45) is 3.24. The normalized spacial score (nSPS) is 13.8. The largest absolute Gasteiger partial charge is 0.490 e. The van der Waals surface area contributed by atoms with Crippen molar-refractivity contribution in [1.29, 1.82) is 0 Å². The van der Waals surface area contributed by atoms with Crippen LogP contribution in [0.2, 0.25) is 0 Å². The third-order valence-corrected chi connectivity index (χ3v) is 6.26. The van der Waals surface area contributed by atoms with Crippen molar-refractivity contribution in [1.82, 2.24) is 9.88 Å². The molecule has 1 saturated heterocycles. The Labute approximate surface area is 191 Å². The van der Waals surface area contributed by atoms with Crippen LogP contribution in [0.1, 0.15) is 42.1 Å². The van der Waals surface area contributed by atoms with Crippen LogP contribution in [0.5, 0.6) is 11.5 Å². The lowest BCUT2D eigenvalue weighted by Gasteiger charge is -2.26. The van der Waals surface area contributed by atoms with Crippen LogP contribution in [-0.2, 0) is 4.79 Å². The van der Waals surface area contributed by atoms with E-state index in [0.29, 0.717) is 28.8 Å². The highest BCUT2D eigenvalue weighted by atomic mass is 32.1. The standard InChI is InChI=1S/C24H27N3O4S/c1-3-30-20-14-17(8-10-19(20)31-15-22(28)27-11-5-4-6-12-27)23(29)26-24-25-18-9-7-16(2)13-21(18)32-24/h7-10,13-14H,3-6,11-12,15H2,1-2H3,(H,25,26,29). The predicted molar refractivity (Wildman–Crippen MR) is 126 cm³/mol. The molecular weight excluding hydrogens is 426 g/mol. The molecule has 1 aromatic heterocycles. The Morgan fingerprint density at radius 2 is 1.88 bits per heavy atom. The number of hydrogen-bond donors (Lipinski definition) is 1.